The van der Waals surface area contributed by atoms with Crippen molar-refractivity contribution in [3.63, 3.8) is 0 Å². The van der Waals surface area contributed by atoms with Crippen molar-refractivity contribution in [3.8, 4) is 5.88 Å². The quantitative estimate of drug-likeness (QED) is 0.617. The van der Waals surface area contributed by atoms with E-state index in [1.807, 2.05) is 0 Å². The molecule has 30 heavy (non-hydrogen) atoms. The predicted molar refractivity (Wildman–Crippen MR) is 106 cm³/mol. The van der Waals surface area contributed by atoms with E-state index in [1.165, 1.54) is 21.9 Å². The van der Waals surface area contributed by atoms with Crippen LogP contribution >= 0.6 is 11.3 Å². The number of aromatic hydroxyl groups is 1. The van der Waals surface area contributed by atoms with E-state index in [-0.39, 0.29) is 17.8 Å². The highest BCUT2D eigenvalue weighted by Crippen LogP contribution is 2.41. The first-order valence-electron chi connectivity index (χ1n) is 9.79. The number of nitrogens with zero attached hydrogens (tertiary/aromatic N) is 4. The van der Waals surface area contributed by atoms with E-state index in [1.54, 1.807) is 13.8 Å². The summed E-state index contributed by atoms with van der Waals surface area (Å²) >= 11 is 1.26. The van der Waals surface area contributed by atoms with Crippen molar-refractivity contribution in [3.05, 3.63) is 46.1 Å². The highest BCUT2D eigenvalue weighted by atomic mass is 32.1. The van der Waals surface area contributed by atoms with Crippen LogP contribution in [0.4, 0.5) is 8.78 Å². The Bertz CT molecular complexity index is 1080. The van der Waals surface area contributed by atoms with Gasteiger partial charge in [-0.15, -0.1) is 5.10 Å². The van der Waals surface area contributed by atoms with Crippen molar-refractivity contribution in [2.45, 2.75) is 32.7 Å². The first-order chi connectivity index (χ1) is 14.4. The topological polar surface area (TPSA) is 80.0 Å². The molecule has 4 rings (SSSR count). The van der Waals surface area contributed by atoms with Crippen LogP contribution in [0.2, 0.25) is 0 Å². The predicted octanol–water partition coefficient (Wildman–Crippen LogP) is 3.45. The van der Waals surface area contributed by atoms with Gasteiger partial charge >= 0.3 is 5.97 Å². The van der Waals surface area contributed by atoms with Crippen molar-refractivity contribution in [1.29, 1.82) is 0 Å². The third kappa shape index (κ3) is 3.77. The van der Waals surface area contributed by atoms with E-state index >= 15 is 0 Å². The number of benzene rings is 1. The molecule has 160 valence electrons. The second kappa shape index (κ2) is 8.27. The average molecular weight is 436 g/mol. The summed E-state index contributed by atoms with van der Waals surface area (Å²) in [6.07, 6.45) is 1.17. The lowest BCUT2D eigenvalue weighted by Gasteiger charge is -2.36. The summed E-state index contributed by atoms with van der Waals surface area (Å²) in [4.78, 5) is 19.5. The Kier molecular flexibility index (Phi) is 5.70. The Morgan fingerprint density at radius 1 is 1.33 bits per heavy atom. The Balaban J connectivity index is 1.69. The molecule has 3 aromatic rings. The molecule has 2 aromatic heterocycles. The van der Waals surface area contributed by atoms with Crippen LogP contribution in [0.3, 0.4) is 0 Å². The van der Waals surface area contributed by atoms with E-state index in [4.69, 9.17) is 4.74 Å². The highest BCUT2D eigenvalue weighted by Gasteiger charge is 2.34. The van der Waals surface area contributed by atoms with Gasteiger partial charge in [-0.05, 0) is 57.5 Å². The molecule has 0 spiro atoms. The molecule has 1 N–H and O–H groups in total. The monoisotopic (exact) mass is 436 g/mol. The summed E-state index contributed by atoms with van der Waals surface area (Å²) in [5.41, 5.74) is 0.514. The van der Waals surface area contributed by atoms with Crippen LogP contribution in [0.1, 0.15) is 42.1 Å². The summed E-state index contributed by atoms with van der Waals surface area (Å²) in [6, 6.07) is 3.23. The first kappa shape index (κ1) is 20.7. The molecule has 1 aliphatic heterocycles. The van der Waals surface area contributed by atoms with Gasteiger partial charge in [-0.1, -0.05) is 17.4 Å². The second-order valence-electron chi connectivity index (χ2n) is 7.28. The van der Waals surface area contributed by atoms with Crippen molar-refractivity contribution in [2.75, 3.05) is 19.7 Å². The van der Waals surface area contributed by atoms with E-state index < -0.39 is 17.7 Å². The smallest absolute Gasteiger partial charge is 0.309 e. The maximum atomic E-state index is 14.0. The number of halogens is 2. The van der Waals surface area contributed by atoms with Gasteiger partial charge in [0.05, 0.1) is 23.4 Å². The van der Waals surface area contributed by atoms with Gasteiger partial charge in [-0.3, -0.25) is 9.69 Å². The Morgan fingerprint density at radius 3 is 2.70 bits per heavy atom. The Labute approximate surface area is 175 Å². The van der Waals surface area contributed by atoms with E-state index in [0.717, 1.165) is 12.1 Å². The van der Waals surface area contributed by atoms with E-state index in [9.17, 15) is 18.7 Å². The molecule has 1 aromatic carbocycles. The molecule has 7 nitrogen and oxygen atoms in total. The summed E-state index contributed by atoms with van der Waals surface area (Å²) in [7, 11) is 0. The molecule has 0 amide bonds. The molecule has 10 heteroatoms. The summed E-state index contributed by atoms with van der Waals surface area (Å²) < 4.78 is 34.1. The van der Waals surface area contributed by atoms with E-state index in [2.05, 4.69) is 15.0 Å². The zero-order valence-electron chi connectivity index (χ0n) is 16.6. The summed E-state index contributed by atoms with van der Waals surface area (Å²) in [6.45, 7) is 4.92. The fraction of sp³-hybridized carbons (Fsp3) is 0.450. The molecule has 3 heterocycles. The standard InChI is InChI=1S/C20H22F2N4O3S/c1-3-29-19(28)12-6-8-25(9-7-12)16(13-4-5-14(21)15(22)10-13)17-18(27)26-20(30-17)23-11(2)24-26/h4-5,10,12,16,27H,3,6-9H2,1-2H3/t16-/m1/s1. The average Bonchev–Trinajstić information content (AvgIpc) is 3.23. The Hall–Kier alpha value is -2.59. The number of aryl methyl sites for hydroxylation is 1. The molecule has 0 radical (unpaired) electrons. The number of ether oxygens (including phenoxy) is 1. The molecule has 1 saturated heterocycles. The molecule has 0 unspecified atom stereocenters. The third-order valence-electron chi connectivity index (χ3n) is 5.33. The minimum absolute atomic E-state index is 0.0714. The number of likely N-dealkylation sites (tertiary alicyclic amines) is 1. The van der Waals surface area contributed by atoms with Crippen LogP contribution in [0.25, 0.3) is 4.96 Å². The number of thiazole rings is 1. The first-order valence-corrected chi connectivity index (χ1v) is 10.6. The van der Waals surface area contributed by atoms with Crippen molar-refractivity contribution < 1.29 is 23.4 Å². The molecule has 1 aliphatic rings. The normalized spacial score (nSPS) is 16.8. The molecular weight excluding hydrogens is 414 g/mol. The van der Waals surface area contributed by atoms with Gasteiger partial charge in [0.1, 0.15) is 5.82 Å². The maximum Gasteiger partial charge on any atom is 0.309 e. The van der Waals surface area contributed by atoms with Gasteiger partial charge < -0.3 is 9.84 Å². The third-order valence-corrected chi connectivity index (χ3v) is 6.40. The van der Waals surface area contributed by atoms with Crippen molar-refractivity contribution in [2.24, 2.45) is 5.92 Å². The van der Waals surface area contributed by atoms with Crippen LogP contribution in [0.5, 0.6) is 5.88 Å². The molecular formula is C20H22F2N4O3S. The lowest BCUT2D eigenvalue weighted by molar-refractivity contribution is -0.149. The number of piperidine rings is 1. The summed E-state index contributed by atoms with van der Waals surface area (Å²) in [5.74, 6) is -1.82. The zero-order chi connectivity index (χ0) is 21.4. The van der Waals surface area contributed by atoms with Crippen LogP contribution < -0.4 is 0 Å². The van der Waals surface area contributed by atoms with Gasteiger partial charge in [0.2, 0.25) is 10.8 Å². The minimum Gasteiger partial charge on any atom is -0.492 e. The molecule has 0 aliphatic carbocycles. The number of fused-ring (bicyclic) bond motifs is 1. The number of aromatic nitrogens is 3. The van der Waals surface area contributed by atoms with Crippen LogP contribution in [0.15, 0.2) is 18.2 Å². The molecule has 0 saturated carbocycles. The van der Waals surface area contributed by atoms with Crippen LogP contribution in [-0.2, 0) is 9.53 Å². The van der Waals surface area contributed by atoms with Gasteiger partial charge in [0, 0.05) is 0 Å². The lowest BCUT2D eigenvalue weighted by Crippen LogP contribution is -2.39. The molecule has 0 bridgehead atoms. The lowest BCUT2D eigenvalue weighted by atomic mass is 9.93. The van der Waals surface area contributed by atoms with Crippen molar-refractivity contribution >= 4 is 22.3 Å². The second-order valence-corrected chi connectivity index (χ2v) is 8.29. The number of rotatable bonds is 5. The van der Waals surface area contributed by atoms with Crippen molar-refractivity contribution in [1.82, 2.24) is 19.5 Å². The highest BCUT2D eigenvalue weighted by molar-refractivity contribution is 7.17. The van der Waals surface area contributed by atoms with Gasteiger partial charge in [-0.2, -0.15) is 4.52 Å². The van der Waals surface area contributed by atoms with Gasteiger partial charge in [0.25, 0.3) is 0 Å². The number of hydrogen-bond acceptors (Lipinski definition) is 7. The van der Waals surface area contributed by atoms with Crippen LogP contribution in [0, 0.1) is 24.5 Å². The SMILES string of the molecule is CCOC(=O)C1CCN([C@H](c2ccc(F)c(F)c2)c2sc3nc(C)nn3c2O)CC1. The van der Waals surface area contributed by atoms with Gasteiger partial charge in [-0.25, -0.2) is 13.8 Å². The van der Waals surface area contributed by atoms with Gasteiger partial charge in [0.15, 0.2) is 11.6 Å². The molecule has 1 atom stereocenters. The van der Waals surface area contributed by atoms with E-state index in [0.29, 0.717) is 53.8 Å². The summed E-state index contributed by atoms with van der Waals surface area (Å²) in [5, 5.41) is 15.0. The number of carbonyl (C=O) groups excluding carboxylic acids is 1. The zero-order valence-corrected chi connectivity index (χ0v) is 17.5. The fourth-order valence-corrected chi connectivity index (χ4v) is 5.05. The number of hydrogen-bond donors (Lipinski definition) is 1. The fourth-order valence-electron chi connectivity index (χ4n) is 3.89. The largest absolute Gasteiger partial charge is 0.492 e. The van der Waals surface area contributed by atoms with Crippen LogP contribution in [-0.4, -0.2) is 50.3 Å². The maximum absolute atomic E-state index is 14.0. The number of carbonyl (C=O) groups is 1. The molecule has 1 fully saturated rings. The minimum atomic E-state index is -0.950. The number of esters is 1. The Morgan fingerprint density at radius 2 is 2.07 bits per heavy atom.